The summed E-state index contributed by atoms with van der Waals surface area (Å²) in [6, 6.07) is 0. The zero-order chi connectivity index (χ0) is 23.9. The van der Waals surface area contributed by atoms with Gasteiger partial charge in [-0.15, -0.1) is 11.6 Å². The summed E-state index contributed by atoms with van der Waals surface area (Å²) in [7, 11) is 0. The van der Waals surface area contributed by atoms with E-state index in [2.05, 4.69) is 6.92 Å². The van der Waals surface area contributed by atoms with Crippen LogP contribution in [0.15, 0.2) is 11.6 Å². The molecular weight excluding hydrogens is 432 g/mol. The van der Waals surface area contributed by atoms with Gasteiger partial charge in [-0.1, -0.05) is 33.3 Å². The number of hydrogen-bond donors (Lipinski definition) is 2. The number of rotatable bonds is 4. The number of carbonyl (C=O) groups is 3. The third-order valence-electron chi connectivity index (χ3n) is 8.98. The summed E-state index contributed by atoms with van der Waals surface area (Å²) >= 11 is 5.43. The van der Waals surface area contributed by atoms with E-state index >= 15 is 0 Å². The second-order valence-corrected chi connectivity index (χ2v) is 10.5. The fourth-order valence-electron chi connectivity index (χ4n) is 7.45. The van der Waals surface area contributed by atoms with Crippen molar-refractivity contribution in [1.82, 2.24) is 0 Å². The Labute approximate surface area is 195 Å². The minimum absolute atomic E-state index is 0.0233. The smallest absolute Gasteiger partial charge is 0.321 e. The first kappa shape index (κ1) is 25.4. The molecule has 3 fully saturated rings. The summed E-state index contributed by atoms with van der Waals surface area (Å²) in [6.45, 7) is 7.58. The second kappa shape index (κ2) is 9.19. The van der Waals surface area contributed by atoms with Crippen LogP contribution in [-0.2, 0) is 19.1 Å². The Morgan fingerprint density at radius 1 is 1.19 bits per heavy atom. The van der Waals surface area contributed by atoms with Gasteiger partial charge in [-0.2, -0.15) is 0 Å². The molecule has 4 aliphatic rings. The quantitative estimate of drug-likeness (QED) is 0.483. The normalized spacial score (nSPS) is 42.5. The molecule has 7 heteroatoms. The van der Waals surface area contributed by atoms with Crippen molar-refractivity contribution in [2.24, 2.45) is 28.6 Å². The average Bonchev–Trinajstić information content (AvgIpc) is 3.04. The van der Waals surface area contributed by atoms with E-state index in [1.165, 1.54) is 0 Å². The van der Waals surface area contributed by atoms with E-state index in [9.17, 15) is 24.6 Å². The van der Waals surface area contributed by atoms with E-state index < -0.39 is 35.5 Å². The van der Waals surface area contributed by atoms with Gasteiger partial charge in [0.05, 0.1) is 6.10 Å². The van der Waals surface area contributed by atoms with Crippen molar-refractivity contribution in [3.63, 3.8) is 0 Å². The maximum absolute atomic E-state index is 12.9. The second-order valence-electron chi connectivity index (χ2n) is 10.2. The molecule has 7 atom stereocenters. The number of aliphatic hydroxyl groups excluding tert-OH is 1. The maximum Gasteiger partial charge on any atom is 0.321 e. The fourth-order valence-corrected chi connectivity index (χ4v) is 7.53. The molecule has 4 rings (SSSR count). The molecule has 0 aromatic rings. The van der Waals surface area contributed by atoms with Crippen molar-refractivity contribution in [2.75, 3.05) is 12.5 Å². The Bertz CT molecular complexity index is 808. The van der Waals surface area contributed by atoms with Gasteiger partial charge in [-0.3, -0.25) is 14.4 Å². The Balaban J connectivity index is 0.00000141. The molecule has 6 nitrogen and oxygen atoms in total. The molecule has 0 amide bonds. The molecular formula is C25H37ClO6. The number of hydrogen-bond acceptors (Lipinski definition) is 6. The number of allylic oxidation sites excluding steroid dienone is 1. The molecule has 4 aliphatic carbocycles. The number of ketones is 2. The third kappa shape index (κ3) is 3.76. The van der Waals surface area contributed by atoms with Crippen molar-refractivity contribution in [2.45, 2.75) is 84.3 Å². The van der Waals surface area contributed by atoms with E-state index in [0.29, 0.717) is 25.7 Å². The highest BCUT2D eigenvalue weighted by atomic mass is 35.5. The van der Waals surface area contributed by atoms with Crippen LogP contribution in [0.25, 0.3) is 0 Å². The zero-order valence-corrected chi connectivity index (χ0v) is 20.4. The number of esters is 1. The molecule has 0 aromatic heterocycles. The molecule has 0 saturated heterocycles. The van der Waals surface area contributed by atoms with Crippen LogP contribution in [0.3, 0.4) is 0 Å². The van der Waals surface area contributed by atoms with Crippen molar-refractivity contribution in [3.05, 3.63) is 11.6 Å². The van der Waals surface area contributed by atoms with E-state index in [0.717, 1.165) is 24.8 Å². The maximum atomic E-state index is 12.9. The molecule has 32 heavy (non-hydrogen) atoms. The highest BCUT2D eigenvalue weighted by Gasteiger charge is 2.68. The van der Waals surface area contributed by atoms with E-state index in [1.54, 1.807) is 6.08 Å². The first-order valence-corrected chi connectivity index (χ1v) is 12.5. The number of alkyl halides is 1. The highest BCUT2D eigenvalue weighted by molar-refractivity contribution is 6.26. The van der Waals surface area contributed by atoms with Crippen LogP contribution in [0.4, 0.5) is 0 Å². The summed E-state index contributed by atoms with van der Waals surface area (Å²) < 4.78 is 4.90. The topological polar surface area (TPSA) is 101 Å². The molecule has 0 heterocycles. The van der Waals surface area contributed by atoms with Gasteiger partial charge in [0.1, 0.15) is 11.5 Å². The molecule has 2 N–H and O–H groups in total. The largest absolute Gasteiger partial charge is 0.457 e. The summed E-state index contributed by atoms with van der Waals surface area (Å²) in [5.74, 6) is -1.07. The van der Waals surface area contributed by atoms with Gasteiger partial charge in [0.25, 0.3) is 0 Å². The Morgan fingerprint density at radius 2 is 1.88 bits per heavy atom. The number of halogens is 1. The summed E-state index contributed by atoms with van der Waals surface area (Å²) in [6.07, 6.45) is 5.37. The standard InChI is InChI=1S/C23H31ClO6.C2H6/c1-21-7-5-14(25)9-13(21)3-4-15-16-6-8-23(29,18(27)12-30-19(28)11-24)22(16,2)10-17(26)20(15)21;1-2/h9,15-17,20,26,29H,3-8,10-12H2,1-2H3;1-2H3/t15-,16-,17-,20+,21-,22-,23-;/m0./s1. The van der Waals surface area contributed by atoms with Crippen molar-refractivity contribution in [1.29, 1.82) is 0 Å². The lowest BCUT2D eigenvalue weighted by atomic mass is 9.45. The minimum Gasteiger partial charge on any atom is -0.457 e. The van der Waals surface area contributed by atoms with Gasteiger partial charge in [0, 0.05) is 11.8 Å². The predicted molar refractivity (Wildman–Crippen MR) is 121 cm³/mol. The molecule has 3 saturated carbocycles. The lowest BCUT2D eigenvalue weighted by molar-refractivity contribution is -0.184. The lowest BCUT2D eigenvalue weighted by Gasteiger charge is -2.60. The molecule has 0 radical (unpaired) electrons. The van der Waals surface area contributed by atoms with Crippen molar-refractivity contribution >= 4 is 29.1 Å². The lowest BCUT2D eigenvalue weighted by Crippen LogP contribution is -2.62. The Morgan fingerprint density at radius 3 is 2.53 bits per heavy atom. The number of aliphatic hydroxyl groups is 2. The van der Waals surface area contributed by atoms with E-state index in [4.69, 9.17) is 16.3 Å². The van der Waals surface area contributed by atoms with Crippen LogP contribution in [0.5, 0.6) is 0 Å². The van der Waals surface area contributed by atoms with Crippen LogP contribution in [0.1, 0.15) is 72.6 Å². The van der Waals surface area contributed by atoms with E-state index in [-0.39, 0.29) is 34.8 Å². The molecule has 0 bridgehead atoms. The summed E-state index contributed by atoms with van der Waals surface area (Å²) in [4.78, 5) is 36.3. The molecule has 0 aliphatic heterocycles. The van der Waals surface area contributed by atoms with Crippen LogP contribution >= 0.6 is 11.6 Å². The third-order valence-corrected chi connectivity index (χ3v) is 9.20. The first-order chi connectivity index (χ1) is 15.1. The van der Waals surface area contributed by atoms with Gasteiger partial charge in [0.15, 0.2) is 12.4 Å². The molecule has 180 valence electrons. The van der Waals surface area contributed by atoms with Crippen LogP contribution in [0, 0.1) is 28.6 Å². The Hall–Kier alpha value is -1.24. The van der Waals surface area contributed by atoms with Crippen LogP contribution < -0.4 is 0 Å². The summed E-state index contributed by atoms with van der Waals surface area (Å²) in [5, 5.41) is 22.8. The van der Waals surface area contributed by atoms with Gasteiger partial charge >= 0.3 is 5.97 Å². The number of ether oxygens (including phenoxy) is 1. The van der Waals surface area contributed by atoms with Gasteiger partial charge in [0.2, 0.25) is 5.78 Å². The SMILES string of the molecule is CC.C[C@]12CCC(=O)C=C1CC[C@@H]1[C@@H]2[C@@H](O)C[C@@]2(C)[C@H]1CC[C@]2(O)C(=O)COC(=O)CCl. The average molecular weight is 469 g/mol. The monoisotopic (exact) mass is 468 g/mol. The molecule has 0 unspecified atom stereocenters. The van der Waals surface area contributed by atoms with Gasteiger partial charge < -0.3 is 14.9 Å². The van der Waals surface area contributed by atoms with Crippen molar-refractivity contribution < 1.29 is 29.3 Å². The fraction of sp³-hybridized carbons (Fsp3) is 0.800. The predicted octanol–water partition coefficient (Wildman–Crippen LogP) is 3.60. The number of fused-ring (bicyclic) bond motifs is 5. The minimum atomic E-state index is -1.63. The van der Waals surface area contributed by atoms with Crippen LogP contribution in [-0.4, -0.2) is 51.9 Å². The molecule has 0 spiro atoms. The van der Waals surface area contributed by atoms with Gasteiger partial charge in [-0.25, -0.2) is 0 Å². The Kier molecular flexibility index (Phi) is 7.29. The highest BCUT2D eigenvalue weighted by Crippen LogP contribution is 2.67. The number of Topliss-reactive ketones (excluding diaryl/α,β-unsaturated/α-hetero) is 1. The zero-order valence-electron chi connectivity index (χ0n) is 19.7. The first-order valence-electron chi connectivity index (χ1n) is 12.0. The van der Waals surface area contributed by atoms with Gasteiger partial charge in [-0.05, 0) is 67.8 Å². The number of carbonyl (C=O) groups excluding carboxylic acids is 3. The van der Waals surface area contributed by atoms with Crippen molar-refractivity contribution in [3.8, 4) is 0 Å². The molecule has 0 aromatic carbocycles. The van der Waals surface area contributed by atoms with Crippen LogP contribution in [0.2, 0.25) is 0 Å². The van der Waals surface area contributed by atoms with E-state index in [1.807, 2.05) is 20.8 Å². The summed E-state index contributed by atoms with van der Waals surface area (Å²) in [5.41, 5.74) is -1.46.